The number of amides is 1. The van der Waals surface area contributed by atoms with Crippen LogP contribution < -0.4 is 9.64 Å². The van der Waals surface area contributed by atoms with E-state index in [0.29, 0.717) is 22.9 Å². The Morgan fingerprint density at radius 2 is 2.13 bits per heavy atom. The Morgan fingerprint density at radius 3 is 2.90 bits per heavy atom. The zero-order chi connectivity index (χ0) is 22.0. The normalized spacial score (nSPS) is 14.0. The lowest BCUT2D eigenvalue weighted by molar-refractivity contribution is -0.147. The molecule has 0 N–H and O–H groups in total. The molecule has 4 rings (SSSR count). The van der Waals surface area contributed by atoms with Crippen LogP contribution in [0.15, 0.2) is 47.8 Å². The van der Waals surface area contributed by atoms with E-state index in [-0.39, 0.29) is 25.2 Å². The van der Waals surface area contributed by atoms with E-state index in [0.717, 1.165) is 21.8 Å². The molecule has 0 fully saturated rings. The van der Waals surface area contributed by atoms with Gasteiger partial charge in [0, 0.05) is 16.5 Å². The van der Waals surface area contributed by atoms with Crippen molar-refractivity contribution in [1.29, 1.82) is 0 Å². The second-order valence-electron chi connectivity index (χ2n) is 7.18. The van der Waals surface area contributed by atoms with Crippen molar-refractivity contribution in [1.82, 2.24) is 4.98 Å². The zero-order valence-electron chi connectivity index (χ0n) is 17.1. The fraction of sp³-hybridized carbons (Fsp3) is 0.261. The molecule has 0 saturated heterocycles. The summed E-state index contributed by atoms with van der Waals surface area (Å²) in [6.45, 7) is 3.48. The Bertz CT molecular complexity index is 1130. The number of carbonyl (C=O) groups is 2. The first-order valence-electron chi connectivity index (χ1n) is 9.93. The highest BCUT2D eigenvalue weighted by molar-refractivity contribution is 7.13. The lowest BCUT2D eigenvalue weighted by Crippen LogP contribution is -2.42. The topological polar surface area (TPSA) is 68.7 Å². The summed E-state index contributed by atoms with van der Waals surface area (Å²) in [4.78, 5) is 30.9. The third-order valence-electron chi connectivity index (χ3n) is 5.00. The van der Waals surface area contributed by atoms with Crippen molar-refractivity contribution in [2.45, 2.75) is 26.4 Å². The van der Waals surface area contributed by atoms with Crippen LogP contribution in [-0.2, 0) is 14.3 Å². The number of anilines is 1. The minimum atomic E-state index is -0.449. The number of benzene rings is 2. The Labute approximate surface area is 189 Å². The van der Waals surface area contributed by atoms with E-state index in [1.54, 1.807) is 6.07 Å². The molecular weight excluding hydrogens is 436 g/mol. The SMILES string of the molecule is CCC(C)OC(=O)CN1C(=O)COc2ccc(-c3csc(-c4ccccc4Cl)n3)cc21. The summed E-state index contributed by atoms with van der Waals surface area (Å²) >= 11 is 7.79. The van der Waals surface area contributed by atoms with Crippen molar-refractivity contribution in [3.63, 3.8) is 0 Å². The number of fused-ring (bicyclic) bond motifs is 1. The number of hydrogen-bond donors (Lipinski definition) is 0. The van der Waals surface area contributed by atoms with Crippen LogP contribution in [0.1, 0.15) is 20.3 Å². The molecule has 1 atom stereocenters. The molecule has 1 aromatic heterocycles. The van der Waals surface area contributed by atoms with Gasteiger partial charge < -0.3 is 9.47 Å². The van der Waals surface area contributed by atoms with Crippen LogP contribution in [0.2, 0.25) is 5.02 Å². The molecule has 1 aliphatic rings. The molecule has 2 heterocycles. The Morgan fingerprint density at radius 1 is 1.32 bits per heavy atom. The lowest BCUT2D eigenvalue weighted by atomic mass is 10.1. The van der Waals surface area contributed by atoms with E-state index in [1.165, 1.54) is 16.2 Å². The Balaban J connectivity index is 1.63. The first-order chi connectivity index (χ1) is 15.0. The molecule has 3 aromatic rings. The molecule has 0 saturated carbocycles. The van der Waals surface area contributed by atoms with Crippen molar-refractivity contribution in [2.75, 3.05) is 18.1 Å². The van der Waals surface area contributed by atoms with Gasteiger partial charge in [-0.1, -0.05) is 36.7 Å². The number of thiazole rings is 1. The maximum atomic E-state index is 12.5. The quantitative estimate of drug-likeness (QED) is 0.477. The van der Waals surface area contributed by atoms with E-state index < -0.39 is 5.97 Å². The largest absolute Gasteiger partial charge is 0.482 e. The van der Waals surface area contributed by atoms with Gasteiger partial charge in [0.05, 0.1) is 22.5 Å². The van der Waals surface area contributed by atoms with Crippen molar-refractivity contribution in [2.24, 2.45) is 0 Å². The molecule has 160 valence electrons. The first-order valence-corrected chi connectivity index (χ1v) is 11.2. The minimum Gasteiger partial charge on any atom is -0.482 e. The van der Waals surface area contributed by atoms with Gasteiger partial charge in [0.25, 0.3) is 5.91 Å². The third-order valence-corrected chi connectivity index (χ3v) is 6.21. The summed E-state index contributed by atoms with van der Waals surface area (Å²) in [7, 11) is 0. The number of ether oxygens (including phenoxy) is 2. The average molecular weight is 457 g/mol. The predicted octanol–water partition coefficient (Wildman–Crippen LogP) is 5.20. The molecule has 1 amide bonds. The average Bonchev–Trinajstić information content (AvgIpc) is 3.25. The van der Waals surface area contributed by atoms with Gasteiger partial charge in [0.15, 0.2) is 6.61 Å². The number of rotatable bonds is 6. The van der Waals surface area contributed by atoms with Crippen LogP contribution in [-0.4, -0.2) is 36.1 Å². The monoisotopic (exact) mass is 456 g/mol. The van der Waals surface area contributed by atoms with Gasteiger partial charge in [-0.05, 0) is 37.6 Å². The summed E-state index contributed by atoms with van der Waals surface area (Å²) in [5.74, 6) is -0.197. The molecule has 0 aliphatic carbocycles. The van der Waals surface area contributed by atoms with Gasteiger partial charge in [-0.25, -0.2) is 4.98 Å². The molecule has 31 heavy (non-hydrogen) atoms. The van der Waals surface area contributed by atoms with Crippen LogP contribution in [0.25, 0.3) is 21.8 Å². The summed E-state index contributed by atoms with van der Waals surface area (Å²) in [6, 6.07) is 13.0. The van der Waals surface area contributed by atoms with Gasteiger partial charge >= 0.3 is 5.97 Å². The summed E-state index contributed by atoms with van der Waals surface area (Å²) in [5, 5.41) is 3.38. The second kappa shape index (κ2) is 9.08. The standard InChI is InChI=1S/C23H21ClN2O4S/c1-3-14(2)30-22(28)11-26-19-10-15(8-9-20(19)29-12-21(26)27)18-13-31-23(25-18)16-6-4-5-7-17(16)24/h4-10,13-14H,3,11-12H2,1-2H3. The van der Waals surface area contributed by atoms with E-state index in [1.807, 2.05) is 55.6 Å². The van der Waals surface area contributed by atoms with Gasteiger partial charge in [-0.3, -0.25) is 14.5 Å². The maximum Gasteiger partial charge on any atom is 0.326 e. The molecule has 2 aromatic carbocycles. The number of halogens is 1. The highest BCUT2D eigenvalue weighted by atomic mass is 35.5. The fourth-order valence-corrected chi connectivity index (χ4v) is 4.32. The smallest absolute Gasteiger partial charge is 0.326 e. The number of aromatic nitrogens is 1. The van der Waals surface area contributed by atoms with Gasteiger partial charge in [0.1, 0.15) is 17.3 Å². The highest BCUT2D eigenvalue weighted by Gasteiger charge is 2.29. The van der Waals surface area contributed by atoms with Crippen LogP contribution >= 0.6 is 22.9 Å². The van der Waals surface area contributed by atoms with E-state index in [2.05, 4.69) is 0 Å². The van der Waals surface area contributed by atoms with Crippen molar-refractivity contribution in [3.05, 3.63) is 52.9 Å². The molecule has 0 bridgehead atoms. The summed E-state index contributed by atoms with van der Waals surface area (Å²) in [5.41, 5.74) is 2.96. The number of hydrogen-bond acceptors (Lipinski definition) is 6. The minimum absolute atomic E-state index is 0.115. The van der Waals surface area contributed by atoms with Crippen molar-refractivity contribution < 1.29 is 19.1 Å². The van der Waals surface area contributed by atoms with Gasteiger partial charge in [-0.2, -0.15) is 0 Å². The molecule has 0 spiro atoms. The zero-order valence-corrected chi connectivity index (χ0v) is 18.7. The maximum absolute atomic E-state index is 12.5. The van der Waals surface area contributed by atoms with Crippen LogP contribution in [0.4, 0.5) is 5.69 Å². The first kappa shape index (κ1) is 21.3. The predicted molar refractivity (Wildman–Crippen MR) is 122 cm³/mol. The number of esters is 1. The fourth-order valence-electron chi connectivity index (χ4n) is 3.17. The third kappa shape index (κ3) is 4.57. The van der Waals surface area contributed by atoms with Crippen molar-refractivity contribution in [3.8, 4) is 27.6 Å². The molecular formula is C23H21ClN2O4S. The molecule has 1 aliphatic heterocycles. The van der Waals surface area contributed by atoms with Crippen LogP contribution in [0.3, 0.4) is 0 Å². The molecule has 0 radical (unpaired) electrons. The van der Waals surface area contributed by atoms with E-state index >= 15 is 0 Å². The molecule has 1 unspecified atom stereocenters. The number of nitrogens with zero attached hydrogens (tertiary/aromatic N) is 2. The Kier molecular flexibility index (Phi) is 6.25. The van der Waals surface area contributed by atoms with Gasteiger partial charge in [0.2, 0.25) is 0 Å². The summed E-state index contributed by atoms with van der Waals surface area (Å²) < 4.78 is 10.9. The Hall–Kier alpha value is -2.90. The molecule has 8 heteroatoms. The van der Waals surface area contributed by atoms with Crippen LogP contribution in [0.5, 0.6) is 5.75 Å². The summed E-state index contributed by atoms with van der Waals surface area (Å²) in [6.07, 6.45) is 0.508. The van der Waals surface area contributed by atoms with Crippen LogP contribution in [0, 0.1) is 0 Å². The second-order valence-corrected chi connectivity index (χ2v) is 8.44. The highest BCUT2D eigenvalue weighted by Crippen LogP contribution is 2.38. The van der Waals surface area contributed by atoms with Gasteiger partial charge in [-0.15, -0.1) is 11.3 Å². The van der Waals surface area contributed by atoms with E-state index in [9.17, 15) is 9.59 Å². The van der Waals surface area contributed by atoms with E-state index in [4.69, 9.17) is 26.1 Å². The number of carbonyl (C=O) groups excluding carboxylic acids is 2. The molecule has 6 nitrogen and oxygen atoms in total. The van der Waals surface area contributed by atoms with Crippen molar-refractivity contribution >= 4 is 40.5 Å². The lowest BCUT2D eigenvalue weighted by Gasteiger charge is -2.29.